The molecule has 0 spiro atoms. The molecule has 1 atom stereocenters. The van der Waals surface area contributed by atoms with Crippen LogP contribution in [0.1, 0.15) is 35.0 Å². The highest BCUT2D eigenvalue weighted by Crippen LogP contribution is 2.23. The molecule has 0 aliphatic rings. The number of nitrogens with one attached hydrogen (secondary N) is 1. The van der Waals surface area contributed by atoms with Gasteiger partial charge in [0, 0.05) is 23.8 Å². The van der Waals surface area contributed by atoms with E-state index in [1.54, 1.807) is 17.1 Å². The number of halogens is 2. The topological polar surface area (TPSA) is 59.8 Å². The standard InChI is InChI=1S/C20H20Cl2N4O/c1-13-19(22)14(2)26(25-13)11-9-18(27)24-20(16-4-3-10-23-12-16)15-5-7-17(21)8-6-15/h3-8,10,12,20H,9,11H2,1-2H3,(H,24,27). The van der Waals surface area contributed by atoms with Crippen molar-refractivity contribution in [2.45, 2.75) is 32.9 Å². The first-order valence-corrected chi connectivity index (χ1v) is 9.35. The monoisotopic (exact) mass is 402 g/mol. The molecule has 0 saturated carbocycles. The number of carbonyl (C=O) groups excluding carboxylic acids is 1. The number of benzene rings is 1. The van der Waals surface area contributed by atoms with E-state index in [1.807, 2.05) is 50.2 Å². The summed E-state index contributed by atoms with van der Waals surface area (Å²) in [5, 5.41) is 8.74. The first-order chi connectivity index (χ1) is 13.0. The Hall–Kier alpha value is -2.37. The maximum Gasteiger partial charge on any atom is 0.222 e. The minimum atomic E-state index is -0.299. The summed E-state index contributed by atoms with van der Waals surface area (Å²) in [6.07, 6.45) is 3.75. The predicted octanol–water partition coefficient (Wildman–Crippen LogP) is 4.50. The van der Waals surface area contributed by atoms with E-state index in [1.165, 1.54) is 0 Å². The summed E-state index contributed by atoms with van der Waals surface area (Å²) in [6, 6.07) is 10.9. The molecule has 27 heavy (non-hydrogen) atoms. The molecule has 5 nitrogen and oxygen atoms in total. The van der Waals surface area contributed by atoms with Crippen LogP contribution in [0.3, 0.4) is 0 Å². The molecule has 1 amide bonds. The summed E-state index contributed by atoms with van der Waals surface area (Å²) in [6.45, 7) is 4.21. The summed E-state index contributed by atoms with van der Waals surface area (Å²) in [7, 11) is 0. The molecule has 7 heteroatoms. The van der Waals surface area contributed by atoms with Gasteiger partial charge >= 0.3 is 0 Å². The Morgan fingerprint density at radius 3 is 2.48 bits per heavy atom. The predicted molar refractivity (Wildman–Crippen MR) is 107 cm³/mol. The van der Waals surface area contributed by atoms with Crippen molar-refractivity contribution < 1.29 is 4.79 Å². The fourth-order valence-corrected chi connectivity index (χ4v) is 3.16. The molecule has 140 valence electrons. The highest BCUT2D eigenvalue weighted by Gasteiger charge is 2.18. The van der Waals surface area contributed by atoms with Gasteiger partial charge in [0.05, 0.1) is 29.0 Å². The van der Waals surface area contributed by atoms with E-state index in [0.29, 0.717) is 23.0 Å². The molecule has 1 aromatic carbocycles. The van der Waals surface area contributed by atoms with Gasteiger partial charge in [0.1, 0.15) is 0 Å². The first-order valence-electron chi connectivity index (χ1n) is 8.60. The lowest BCUT2D eigenvalue weighted by Crippen LogP contribution is -2.30. The van der Waals surface area contributed by atoms with Crippen molar-refractivity contribution in [1.29, 1.82) is 0 Å². The maximum atomic E-state index is 12.6. The minimum Gasteiger partial charge on any atom is -0.345 e. The van der Waals surface area contributed by atoms with Crippen LogP contribution in [0.4, 0.5) is 0 Å². The molecule has 2 aromatic heterocycles. The molecule has 3 rings (SSSR count). The van der Waals surface area contributed by atoms with E-state index in [-0.39, 0.29) is 11.9 Å². The van der Waals surface area contributed by atoms with E-state index >= 15 is 0 Å². The fourth-order valence-electron chi connectivity index (χ4n) is 2.89. The van der Waals surface area contributed by atoms with Crippen LogP contribution >= 0.6 is 23.2 Å². The lowest BCUT2D eigenvalue weighted by atomic mass is 10.00. The number of nitrogens with zero attached hydrogens (tertiary/aromatic N) is 3. The van der Waals surface area contributed by atoms with Gasteiger partial charge in [-0.1, -0.05) is 41.4 Å². The van der Waals surface area contributed by atoms with Gasteiger partial charge in [-0.2, -0.15) is 5.10 Å². The second-order valence-electron chi connectivity index (χ2n) is 6.30. The van der Waals surface area contributed by atoms with Crippen molar-refractivity contribution in [3.8, 4) is 0 Å². The molecule has 1 N–H and O–H groups in total. The minimum absolute atomic E-state index is 0.0810. The third kappa shape index (κ3) is 4.67. The number of carbonyl (C=O) groups is 1. The molecule has 1 unspecified atom stereocenters. The molecule has 2 heterocycles. The number of pyridine rings is 1. The largest absolute Gasteiger partial charge is 0.345 e. The zero-order chi connectivity index (χ0) is 19.4. The summed E-state index contributed by atoms with van der Waals surface area (Å²) >= 11 is 12.2. The Bertz CT molecular complexity index is 923. The SMILES string of the molecule is Cc1nn(CCC(=O)NC(c2ccc(Cl)cc2)c2cccnc2)c(C)c1Cl. The van der Waals surface area contributed by atoms with Gasteiger partial charge in [-0.15, -0.1) is 0 Å². The summed E-state index contributed by atoms with van der Waals surface area (Å²) in [4.78, 5) is 16.8. The lowest BCUT2D eigenvalue weighted by molar-refractivity contribution is -0.121. The van der Waals surface area contributed by atoms with Crippen molar-refractivity contribution in [3.05, 3.63) is 81.4 Å². The van der Waals surface area contributed by atoms with Crippen LogP contribution in [0.5, 0.6) is 0 Å². The van der Waals surface area contributed by atoms with Gasteiger partial charge in [-0.05, 0) is 43.2 Å². The molecular weight excluding hydrogens is 383 g/mol. The van der Waals surface area contributed by atoms with Crippen LogP contribution in [0.15, 0.2) is 48.8 Å². The second kappa shape index (κ2) is 8.55. The molecule has 0 aliphatic heterocycles. The zero-order valence-electron chi connectivity index (χ0n) is 15.1. The number of amides is 1. The highest BCUT2D eigenvalue weighted by molar-refractivity contribution is 6.31. The van der Waals surface area contributed by atoms with Gasteiger partial charge in [0.25, 0.3) is 0 Å². The number of hydrogen-bond donors (Lipinski definition) is 1. The van der Waals surface area contributed by atoms with Crippen molar-refractivity contribution >= 4 is 29.1 Å². The van der Waals surface area contributed by atoms with Crippen molar-refractivity contribution in [3.63, 3.8) is 0 Å². The molecule has 0 fully saturated rings. The number of aryl methyl sites for hydroxylation is 2. The molecule has 0 bridgehead atoms. The van der Waals surface area contributed by atoms with Crippen LogP contribution in [-0.4, -0.2) is 20.7 Å². The van der Waals surface area contributed by atoms with Gasteiger partial charge in [0.2, 0.25) is 5.91 Å². The van der Waals surface area contributed by atoms with Crippen molar-refractivity contribution in [2.24, 2.45) is 0 Å². The third-order valence-electron chi connectivity index (χ3n) is 4.37. The Morgan fingerprint density at radius 1 is 1.15 bits per heavy atom. The zero-order valence-corrected chi connectivity index (χ0v) is 16.6. The molecule has 3 aromatic rings. The molecule has 0 saturated heterocycles. The number of rotatable bonds is 6. The second-order valence-corrected chi connectivity index (χ2v) is 7.11. The maximum absolute atomic E-state index is 12.6. The Kier molecular flexibility index (Phi) is 6.14. The normalized spacial score (nSPS) is 12.0. The van der Waals surface area contributed by atoms with Crippen molar-refractivity contribution in [1.82, 2.24) is 20.1 Å². The van der Waals surface area contributed by atoms with E-state index in [0.717, 1.165) is 22.5 Å². The van der Waals surface area contributed by atoms with E-state index < -0.39 is 0 Å². The van der Waals surface area contributed by atoms with E-state index in [9.17, 15) is 4.79 Å². The summed E-state index contributed by atoms with van der Waals surface area (Å²) in [5.74, 6) is -0.0810. The average molecular weight is 403 g/mol. The van der Waals surface area contributed by atoms with Gasteiger partial charge < -0.3 is 5.32 Å². The number of aromatic nitrogens is 3. The average Bonchev–Trinajstić information content (AvgIpc) is 2.93. The highest BCUT2D eigenvalue weighted by atomic mass is 35.5. The van der Waals surface area contributed by atoms with Crippen LogP contribution in [0.2, 0.25) is 10.0 Å². The fraction of sp³-hybridized carbons (Fsp3) is 0.250. The molecule has 0 aliphatic carbocycles. The van der Waals surface area contributed by atoms with Crippen LogP contribution < -0.4 is 5.32 Å². The summed E-state index contributed by atoms with van der Waals surface area (Å²) < 4.78 is 1.76. The van der Waals surface area contributed by atoms with Crippen LogP contribution in [-0.2, 0) is 11.3 Å². The lowest BCUT2D eigenvalue weighted by Gasteiger charge is -2.20. The quantitative estimate of drug-likeness (QED) is 0.660. The Balaban J connectivity index is 1.74. The first kappa shape index (κ1) is 19.4. The Labute approximate surface area is 168 Å². The van der Waals surface area contributed by atoms with E-state index in [4.69, 9.17) is 23.2 Å². The van der Waals surface area contributed by atoms with Gasteiger partial charge in [-0.3, -0.25) is 14.5 Å². The van der Waals surface area contributed by atoms with Crippen LogP contribution in [0.25, 0.3) is 0 Å². The van der Waals surface area contributed by atoms with E-state index in [2.05, 4.69) is 15.4 Å². The third-order valence-corrected chi connectivity index (χ3v) is 5.17. The Morgan fingerprint density at radius 2 is 1.89 bits per heavy atom. The molecule has 0 radical (unpaired) electrons. The van der Waals surface area contributed by atoms with Gasteiger partial charge in [0.15, 0.2) is 0 Å². The van der Waals surface area contributed by atoms with Crippen molar-refractivity contribution in [2.75, 3.05) is 0 Å². The van der Waals surface area contributed by atoms with Gasteiger partial charge in [-0.25, -0.2) is 0 Å². The summed E-state index contributed by atoms with van der Waals surface area (Å²) in [5.41, 5.74) is 3.48. The molecular formula is C20H20Cl2N4O. The number of hydrogen-bond acceptors (Lipinski definition) is 3. The smallest absolute Gasteiger partial charge is 0.222 e. The van der Waals surface area contributed by atoms with Crippen LogP contribution in [0, 0.1) is 13.8 Å².